The van der Waals surface area contributed by atoms with Crippen LogP contribution in [0.4, 0.5) is 8.78 Å². The third-order valence-electron chi connectivity index (χ3n) is 1.59. The molecule has 1 heterocycles. The molecule has 0 aliphatic carbocycles. The van der Waals surface area contributed by atoms with Crippen LogP contribution < -0.4 is 0 Å². The fourth-order valence-electron chi connectivity index (χ4n) is 0.958. The molecular formula is C8H7Cl2F2N. The molecule has 0 bridgehead atoms. The van der Waals surface area contributed by atoms with E-state index in [1.807, 2.05) is 0 Å². The SMILES string of the molecule is Cc1nc(C(F)F)cc(CCl)c1Cl. The first-order valence-corrected chi connectivity index (χ1v) is 4.47. The van der Waals surface area contributed by atoms with Crippen molar-refractivity contribution in [1.82, 2.24) is 4.98 Å². The van der Waals surface area contributed by atoms with Gasteiger partial charge in [-0.2, -0.15) is 0 Å². The van der Waals surface area contributed by atoms with Gasteiger partial charge in [-0.15, -0.1) is 11.6 Å². The van der Waals surface area contributed by atoms with E-state index in [0.717, 1.165) is 0 Å². The van der Waals surface area contributed by atoms with E-state index in [1.54, 1.807) is 6.92 Å². The zero-order chi connectivity index (χ0) is 10.0. The number of pyridine rings is 1. The molecule has 0 saturated heterocycles. The van der Waals surface area contributed by atoms with Gasteiger partial charge in [-0.1, -0.05) is 11.6 Å². The summed E-state index contributed by atoms with van der Waals surface area (Å²) in [7, 11) is 0. The van der Waals surface area contributed by atoms with Gasteiger partial charge in [0, 0.05) is 5.88 Å². The molecular weight excluding hydrogens is 219 g/mol. The highest BCUT2D eigenvalue weighted by atomic mass is 35.5. The highest BCUT2D eigenvalue weighted by molar-refractivity contribution is 6.32. The molecule has 0 atom stereocenters. The second-order valence-electron chi connectivity index (χ2n) is 2.54. The smallest absolute Gasteiger partial charge is 0.251 e. The molecule has 0 spiro atoms. The Morgan fingerprint density at radius 1 is 1.54 bits per heavy atom. The maximum Gasteiger partial charge on any atom is 0.280 e. The summed E-state index contributed by atoms with van der Waals surface area (Å²) in [6, 6.07) is 1.23. The molecule has 0 N–H and O–H groups in total. The average Bonchev–Trinajstić information content (AvgIpc) is 2.09. The van der Waals surface area contributed by atoms with Gasteiger partial charge in [-0.25, -0.2) is 8.78 Å². The predicted molar refractivity (Wildman–Crippen MR) is 48.5 cm³/mol. The zero-order valence-corrected chi connectivity index (χ0v) is 8.33. The van der Waals surface area contributed by atoms with E-state index in [-0.39, 0.29) is 11.6 Å². The summed E-state index contributed by atoms with van der Waals surface area (Å²) in [5.74, 6) is 0.113. The van der Waals surface area contributed by atoms with Crippen LogP contribution >= 0.6 is 23.2 Å². The molecule has 0 unspecified atom stereocenters. The molecule has 1 rings (SSSR count). The van der Waals surface area contributed by atoms with Gasteiger partial charge < -0.3 is 0 Å². The van der Waals surface area contributed by atoms with Crippen LogP contribution in [0.1, 0.15) is 23.4 Å². The molecule has 5 heteroatoms. The van der Waals surface area contributed by atoms with Crippen molar-refractivity contribution < 1.29 is 8.78 Å². The van der Waals surface area contributed by atoms with Crippen molar-refractivity contribution in [3.05, 3.63) is 28.0 Å². The van der Waals surface area contributed by atoms with Gasteiger partial charge in [0.05, 0.1) is 10.7 Å². The van der Waals surface area contributed by atoms with Crippen molar-refractivity contribution in [2.75, 3.05) is 0 Å². The van der Waals surface area contributed by atoms with Gasteiger partial charge in [0.25, 0.3) is 6.43 Å². The van der Waals surface area contributed by atoms with Crippen molar-refractivity contribution in [2.24, 2.45) is 0 Å². The van der Waals surface area contributed by atoms with Crippen molar-refractivity contribution >= 4 is 23.2 Å². The lowest BCUT2D eigenvalue weighted by Gasteiger charge is -2.06. The number of aryl methyl sites for hydroxylation is 1. The monoisotopic (exact) mass is 225 g/mol. The van der Waals surface area contributed by atoms with Gasteiger partial charge in [0.15, 0.2) is 0 Å². The first kappa shape index (κ1) is 10.7. The van der Waals surface area contributed by atoms with E-state index in [1.165, 1.54) is 6.07 Å². The Kier molecular flexibility index (Phi) is 3.45. The predicted octanol–water partition coefficient (Wildman–Crippen LogP) is 3.72. The fourth-order valence-corrected chi connectivity index (χ4v) is 1.40. The van der Waals surface area contributed by atoms with Crippen LogP contribution in [0.5, 0.6) is 0 Å². The van der Waals surface area contributed by atoms with Crippen molar-refractivity contribution in [2.45, 2.75) is 19.2 Å². The first-order chi connectivity index (χ1) is 6.06. The lowest BCUT2D eigenvalue weighted by Crippen LogP contribution is -1.96. The highest BCUT2D eigenvalue weighted by Crippen LogP contribution is 2.26. The van der Waals surface area contributed by atoms with Gasteiger partial charge >= 0.3 is 0 Å². The summed E-state index contributed by atoms with van der Waals surface area (Å²) < 4.78 is 24.5. The Morgan fingerprint density at radius 3 is 2.62 bits per heavy atom. The normalized spacial score (nSPS) is 10.9. The number of nitrogens with zero attached hydrogens (tertiary/aromatic N) is 1. The highest BCUT2D eigenvalue weighted by Gasteiger charge is 2.13. The Labute approximate surface area is 84.7 Å². The van der Waals surface area contributed by atoms with Crippen LogP contribution in [0.15, 0.2) is 6.07 Å². The van der Waals surface area contributed by atoms with E-state index in [4.69, 9.17) is 23.2 Å². The van der Waals surface area contributed by atoms with Crippen molar-refractivity contribution in [3.8, 4) is 0 Å². The summed E-state index contributed by atoms with van der Waals surface area (Å²) in [4.78, 5) is 3.64. The fraction of sp³-hybridized carbons (Fsp3) is 0.375. The average molecular weight is 226 g/mol. The Balaban J connectivity index is 3.22. The van der Waals surface area contributed by atoms with E-state index in [2.05, 4.69) is 4.98 Å². The molecule has 0 radical (unpaired) electrons. The van der Waals surface area contributed by atoms with E-state index in [9.17, 15) is 8.78 Å². The van der Waals surface area contributed by atoms with E-state index < -0.39 is 6.43 Å². The van der Waals surface area contributed by atoms with Crippen molar-refractivity contribution in [1.29, 1.82) is 0 Å². The van der Waals surface area contributed by atoms with Gasteiger partial charge in [0.2, 0.25) is 0 Å². The lowest BCUT2D eigenvalue weighted by molar-refractivity contribution is 0.146. The van der Waals surface area contributed by atoms with Crippen LogP contribution in [0.2, 0.25) is 5.02 Å². The number of halogens is 4. The number of alkyl halides is 3. The summed E-state index contributed by atoms with van der Waals surface area (Å²) >= 11 is 11.3. The molecule has 1 nitrogen and oxygen atoms in total. The minimum atomic E-state index is -2.59. The minimum absolute atomic E-state index is 0.113. The van der Waals surface area contributed by atoms with Gasteiger partial charge in [-0.05, 0) is 18.6 Å². The van der Waals surface area contributed by atoms with Crippen molar-refractivity contribution in [3.63, 3.8) is 0 Å². The molecule has 13 heavy (non-hydrogen) atoms. The molecule has 0 fully saturated rings. The Bertz CT molecular complexity index is 315. The molecule has 0 aromatic carbocycles. The Morgan fingerprint density at radius 2 is 2.15 bits per heavy atom. The molecule has 0 aliphatic rings. The van der Waals surface area contributed by atoms with Crippen LogP contribution in [0.3, 0.4) is 0 Å². The maximum absolute atomic E-state index is 12.2. The maximum atomic E-state index is 12.2. The van der Waals surface area contributed by atoms with Crippen LogP contribution in [0.25, 0.3) is 0 Å². The third-order valence-corrected chi connectivity index (χ3v) is 2.39. The van der Waals surface area contributed by atoms with Gasteiger partial charge in [-0.3, -0.25) is 4.98 Å². The molecule has 0 aliphatic heterocycles. The van der Waals surface area contributed by atoms with E-state index >= 15 is 0 Å². The third kappa shape index (κ3) is 2.29. The molecule has 1 aromatic rings. The molecule has 0 saturated carbocycles. The number of rotatable bonds is 2. The largest absolute Gasteiger partial charge is 0.280 e. The first-order valence-electron chi connectivity index (χ1n) is 3.56. The standard InChI is InChI=1S/C8H7Cl2F2N/c1-4-7(10)5(3-9)2-6(13-4)8(11)12/h2,8H,3H2,1H3. The van der Waals surface area contributed by atoms with Crippen LogP contribution in [0, 0.1) is 6.92 Å². The van der Waals surface area contributed by atoms with Gasteiger partial charge in [0.1, 0.15) is 5.69 Å². The summed E-state index contributed by atoms with van der Waals surface area (Å²) in [5.41, 5.74) is 0.596. The topological polar surface area (TPSA) is 12.9 Å². The second kappa shape index (κ2) is 4.20. The summed E-state index contributed by atoms with van der Waals surface area (Å²) in [6.45, 7) is 1.57. The molecule has 1 aromatic heterocycles. The zero-order valence-electron chi connectivity index (χ0n) is 6.82. The molecule has 72 valence electrons. The lowest BCUT2D eigenvalue weighted by atomic mass is 10.2. The van der Waals surface area contributed by atoms with Crippen LogP contribution in [-0.2, 0) is 5.88 Å². The number of aromatic nitrogens is 1. The Hall–Kier alpha value is -0.410. The number of hydrogen-bond donors (Lipinski definition) is 0. The van der Waals surface area contributed by atoms with Crippen LogP contribution in [-0.4, -0.2) is 4.98 Å². The summed E-state index contributed by atoms with van der Waals surface area (Å²) in [6.07, 6.45) is -2.59. The quantitative estimate of drug-likeness (QED) is 0.700. The summed E-state index contributed by atoms with van der Waals surface area (Å²) in [5, 5.41) is 0.361. The minimum Gasteiger partial charge on any atom is -0.251 e. The number of hydrogen-bond acceptors (Lipinski definition) is 1. The molecule has 0 amide bonds. The second-order valence-corrected chi connectivity index (χ2v) is 3.19. The van der Waals surface area contributed by atoms with E-state index in [0.29, 0.717) is 16.3 Å².